The molecule has 22 heavy (non-hydrogen) atoms. The molecular formula is C16H22N6. The Kier molecular flexibility index (Phi) is 3.54. The van der Waals surface area contributed by atoms with Crippen LogP contribution in [0.15, 0.2) is 30.6 Å². The van der Waals surface area contributed by atoms with Gasteiger partial charge in [-0.05, 0) is 42.9 Å². The van der Waals surface area contributed by atoms with E-state index in [1.54, 1.807) is 6.20 Å². The Hall–Kier alpha value is -1.95. The molecule has 6 heteroatoms. The van der Waals surface area contributed by atoms with Gasteiger partial charge in [0.25, 0.3) is 0 Å². The first kappa shape index (κ1) is 13.7. The summed E-state index contributed by atoms with van der Waals surface area (Å²) in [6.07, 6.45) is 6.15. The zero-order valence-corrected chi connectivity index (χ0v) is 12.9. The third kappa shape index (κ3) is 2.47. The molecular weight excluding hydrogens is 276 g/mol. The van der Waals surface area contributed by atoms with Gasteiger partial charge in [-0.1, -0.05) is 0 Å². The molecule has 2 aromatic heterocycles. The first-order valence-corrected chi connectivity index (χ1v) is 8.02. The van der Waals surface area contributed by atoms with E-state index in [0.717, 1.165) is 24.2 Å². The van der Waals surface area contributed by atoms with Crippen LogP contribution in [0.2, 0.25) is 0 Å². The van der Waals surface area contributed by atoms with Crippen LogP contribution in [-0.2, 0) is 6.54 Å². The molecule has 0 aromatic carbocycles. The van der Waals surface area contributed by atoms with Gasteiger partial charge in [-0.2, -0.15) is 10.2 Å². The number of likely N-dealkylation sites (tertiary alicyclic amines) is 1. The van der Waals surface area contributed by atoms with Gasteiger partial charge in [0, 0.05) is 50.8 Å². The van der Waals surface area contributed by atoms with E-state index in [1.807, 2.05) is 12.3 Å². The normalized spacial score (nSPS) is 28.0. The van der Waals surface area contributed by atoms with Gasteiger partial charge >= 0.3 is 0 Å². The molecule has 3 heterocycles. The molecule has 0 amide bonds. The molecule has 1 aliphatic heterocycles. The maximum absolute atomic E-state index is 4.27. The Morgan fingerprint density at radius 2 is 2.23 bits per heavy atom. The lowest BCUT2D eigenvalue weighted by Gasteiger charge is -2.30. The van der Waals surface area contributed by atoms with Gasteiger partial charge in [0.2, 0.25) is 0 Å². The summed E-state index contributed by atoms with van der Waals surface area (Å²) in [6.45, 7) is 3.35. The molecule has 1 aliphatic carbocycles. The predicted octanol–water partition coefficient (Wildman–Crippen LogP) is 1.55. The van der Waals surface area contributed by atoms with Crippen molar-refractivity contribution >= 4 is 5.82 Å². The Labute approximate surface area is 130 Å². The molecule has 1 saturated heterocycles. The van der Waals surface area contributed by atoms with Crippen molar-refractivity contribution in [3.05, 3.63) is 36.3 Å². The van der Waals surface area contributed by atoms with E-state index in [9.17, 15) is 0 Å². The standard InChI is InChI=1S/C16H22N6/c1-21(16-3-2-7-17-20-16)15-5-4-12-9-22(11-14(12)15)10-13-6-8-18-19-13/h2-3,6-8,12,14-15H,4-5,9-11H2,1H3,(H,18,19)/t12-,14+,15-/m1/s1. The number of aromatic nitrogens is 4. The zero-order chi connectivity index (χ0) is 14.9. The van der Waals surface area contributed by atoms with Gasteiger partial charge in [-0.15, -0.1) is 5.10 Å². The Balaban J connectivity index is 1.44. The molecule has 0 radical (unpaired) electrons. The summed E-state index contributed by atoms with van der Waals surface area (Å²) in [5.74, 6) is 2.53. The lowest BCUT2D eigenvalue weighted by atomic mass is 9.97. The minimum Gasteiger partial charge on any atom is -0.355 e. The van der Waals surface area contributed by atoms with Crippen molar-refractivity contribution in [2.75, 3.05) is 25.0 Å². The van der Waals surface area contributed by atoms with E-state index in [4.69, 9.17) is 0 Å². The van der Waals surface area contributed by atoms with Crippen molar-refractivity contribution in [2.45, 2.75) is 25.4 Å². The highest BCUT2D eigenvalue weighted by Crippen LogP contribution is 2.41. The fourth-order valence-corrected chi connectivity index (χ4v) is 4.20. The van der Waals surface area contributed by atoms with Crippen molar-refractivity contribution in [3.8, 4) is 0 Å². The number of fused-ring (bicyclic) bond motifs is 1. The average Bonchev–Trinajstić information content (AvgIpc) is 3.25. The lowest BCUT2D eigenvalue weighted by Crippen LogP contribution is -2.38. The summed E-state index contributed by atoms with van der Waals surface area (Å²) in [5, 5.41) is 15.4. The first-order valence-electron chi connectivity index (χ1n) is 8.02. The second-order valence-electron chi connectivity index (χ2n) is 6.54. The highest BCUT2D eigenvalue weighted by Gasteiger charge is 2.44. The summed E-state index contributed by atoms with van der Waals surface area (Å²) < 4.78 is 0. The van der Waals surface area contributed by atoms with E-state index in [2.05, 4.69) is 49.4 Å². The lowest BCUT2D eigenvalue weighted by molar-refractivity contribution is 0.293. The molecule has 116 valence electrons. The van der Waals surface area contributed by atoms with E-state index in [0.29, 0.717) is 6.04 Å². The molecule has 1 N–H and O–H groups in total. The Morgan fingerprint density at radius 1 is 1.27 bits per heavy atom. The van der Waals surface area contributed by atoms with Gasteiger partial charge in [-0.3, -0.25) is 10.00 Å². The van der Waals surface area contributed by atoms with Crippen molar-refractivity contribution in [1.82, 2.24) is 25.3 Å². The molecule has 2 aliphatic rings. The third-order valence-corrected chi connectivity index (χ3v) is 5.26. The zero-order valence-electron chi connectivity index (χ0n) is 12.9. The summed E-state index contributed by atoms with van der Waals surface area (Å²) in [7, 11) is 2.16. The summed E-state index contributed by atoms with van der Waals surface area (Å²) >= 11 is 0. The minimum atomic E-state index is 0.577. The molecule has 2 fully saturated rings. The van der Waals surface area contributed by atoms with Crippen LogP contribution in [0.4, 0.5) is 5.82 Å². The number of rotatable bonds is 4. The van der Waals surface area contributed by atoms with Crippen LogP contribution in [0.1, 0.15) is 18.5 Å². The van der Waals surface area contributed by atoms with Crippen LogP contribution in [0.5, 0.6) is 0 Å². The van der Waals surface area contributed by atoms with Gasteiger partial charge in [0.1, 0.15) is 0 Å². The smallest absolute Gasteiger partial charge is 0.151 e. The van der Waals surface area contributed by atoms with Gasteiger partial charge in [-0.25, -0.2) is 0 Å². The van der Waals surface area contributed by atoms with E-state index in [1.165, 1.54) is 31.6 Å². The molecule has 0 bridgehead atoms. The van der Waals surface area contributed by atoms with Crippen molar-refractivity contribution in [2.24, 2.45) is 11.8 Å². The monoisotopic (exact) mass is 298 g/mol. The predicted molar refractivity (Wildman–Crippen MR) is 84.3 cm³/mol. The molecule has 2 aromatic rings. The Bertz CT molecular complexity index is 598. The first-order chi connectivity index (χ1) is 10.8. The number of hydrogen-bond donors (Lipinski definition) is 1. The average molecular weight is 298 g/mol. The number of anilines is 1. The van der Waals surface area contributed by atoms with Crippen LogP contribution in [0.25, 0.3) is 0 Å². The highest BCUT2D eigenvalue weighted by molar-refractivity contribution is 5.37. The largest absolute Gasteiger partial charge is 0.355 e. The SMILES string of the molecule is CN(c1cccnn1)[C@@H]1CC[C@@H]2CN(Cc3ccn[nH]3)C[C@@H]21. The summed E-state index contributed by atoms with van der Waals surface area (Å²) in [4.78, 5) is 4.89. The number of nitrogens with zero attached hydrogens (tertiary/aromatic N) is 5. The van der Waals surface area contributed by atoms with Crippen molar-refractivity contribution < 1.29 is 0 Å². The fraction of sp³-hybridized carbons (Fsp3) is 0.562. The van der Waals surface area contributed by atoms with Crippen LogP contribution in [0, 0.1) is 11.8 Å². The highest BCUT2D eigenvalue weighted by atomic mass is 15.3. The van der Waals surface area contributed by atoms with Crippen molar-refractivity contribution in [1.29, 1.82) is 0 Å². The topological polar surface area (TPSA) is 60.9 Å². The van der Waals surface area contributed by atoms with E-state index in [-0.39, 0.29) is 0 Å². The van der Waals surface area contributed by atoms with Crippen LogP contribution >= 0.6 is 0 Å². The summed E-state index contributed by atoms with van der Waals surface area (Å²) in [6, 6.07) is 6.66. The molecule has 0 unspecified atom stereocenters. The fourth-order valence-electron chi connectivity index (χ4n) is 4.20. The van der Waals surface area contributed by atoms with Crippen molar-refractivity contribution in [3.63, 3.8) is 0 Å². The van der Waals surface area contributed by atoms with Gasteiger partial charge in [0.05, 0.1) is 0 Å². The second kappa shape index (κ2) is 5.68. The van der Waals surface area contributed by atoms with Gasteiger partial charge in [0.15, 0.2) is 5.82 Å². The molecule has 1 saturated carbocycles. The number of nitrogens with one attached hydrogen (secondary N) is 1. The minimum absolute atomic E-state index is 0.577. The molecule has 0 spiro atoms. The molecule has 4 rings (SSSR count). The molecule has 3 atom stereocenters. The maximum atomic E-state index is 4.27. The second-order valence-corrected chi connectivity index (χ2v) is 6.54. The van der Waals surface area contributed by atoms with Gasteiger partial charge < -0.3 is 4.90 Å². The van der Waals surface area contributed by atoms with E-state index < -0.39 is 0 Å². The maximum Gasteiger partial charge on any atom is 0.151 e. The Morgan fingerprint density at radius 3 is 3.00 bits per heavy atom. The van der Waals surface area contributed by atoms with E-state index >= 15 is 0 Å². The number of hydrogen-bond acceptors (Lipinski definition) is 5. The van der Waals surface area contributed by atoms with Crippen LogP contribution in [0.3, 0.4) is 0 Å². The quantitative estimate of drug-likeness (QED) is 0.928. The number of aromatic amines is 1. The van der Waals surface area contributed by atoms with Crippen LogP contribution in [-0.4, -0.2) is 51.5 Å². The number of H-pyrrole nitrogens is 1. The van der Waals surface area contributed by atoms with Crippen LogP contribution < -0.4 is 4.90 Å². The molecule has 6 nitrogen and oxygen atoms in total. The summed E-state index contributed by atoms with van der Waals surface area (Å²) in [5.41, 5.74) is 1.21. The third-order valence-electron chi connectivity index (χ3n) is 5.26.